The lowest BCUT2D eigenvalue weighted by atomic mass is 9.79. The van der Waals surface area contributed by atoms with Gasteiger partial charge in [0.2, 0.25) is 0 Å². The molecular weight excluding hydrogens is 314 g/mol. The molecule has 0 radical (unpaired) electrons. The molecular formula is C20H27N3O2. The molecule has 0 amide bonds. The van der Waals surface area contributed by atoms with E-state index in [0.29, 0.717) is 19.8 Å². The minimum absolute atomic E-state index is 0.0638. The van der Waals surface area contributed by atoms with Gasteiger partial charge >= 0.3 is 0 Å². The van der Waals surface area contributed by atoms with Crippen LogP contribution in [0.1, 0.15) is 38.2 Å². The molecule has 5 nitrogen and oxygen atoms in total. The van der Waals surface area contributed by atoms with E-state index in [4.69, 9.17) is 20.9 Å². The lowest BCUT2D eigenvalue weighted by molar-refractivity contribution is 0.171. The molecule has 1 saturated carbocycles. The molecule has 5 heteroatoms. The molecule has 0 spiro atoms. The van der Waals surface area contributed by atoms with E-state index < -0.39 is 0 Å². The summed E-state index contributed by atoms with van der Waals surface area (Å²) in [5, 5.41) is 6.43. The summed E-state index contributed by atoms with van der Waals surface area (Å²) in [6.45, 7) is 5.32. The molecule has 134 valence electrons. The maximum Gasteiger partial charge on any atom is 0.192 e. The molecule has 0 unspecified atom stereocenters. The largest absolute Gasteiger partial charge is 0.486 e. The van der Waals surface area contributed by atoms with Gasteiger partial charge in [0, 0.05) is 12.0 Å². The highest BCUT2D eigenvalue weighted by Gasteiger charge is 2.36. The van der Waals surface area contributed by atoms with E-state index in [1.54, 1.807) is 0 Å². The second-order valence-electron chi connectivity index (χ2n) is 6.60. The zero-order valence-electron chi connectivity index (χ0n) is 14.9. The van der Waals surface area contributed by atoms with Crippen LogP contribution in [-0.2, 0) is 5.41 Å². The SMILES string of the molecule is C#CCNC(=NCC1(c2ccc3c(c2)OCCO3)CCCC1)NCC. The van der Waals surface area contributed by atoms with Crippen LogP contribution in [0.25, 0.3) is 0 Å². The normalized spacial score (nSPS) is 18.5. The molecule has 1 aromatic rings. The average Bonchev–Trinajstić information content (AvgIpc) is 3.14. The maximum atomic E-state index is 5.78. The highest BCUT2D eigenvalue weighted by molar-refractivity contribution is 5.80. The van der Waals surface area contributed by atoms with Gasteiger partial charge in [0.05, 0.1) is 13.1 Å². The molecule has 0 saturated heterocycles. The van der Waals surface area contributed by atoms with Crippen LogP contribution in [0.15, 0.2) is 23.2 Å². The van der Waals surface area contributed by atoms with Gasteiger partial charge in [-0.25, -0.2) is 0 Å². The number of ether oxygens (including phenoxy) is 2. The van der Waals surface area contributed by atoms with Crippen LogP contribution in [0.3, 0.4) is 0 Å². The average molecular weight is 341 g/mol. The van der Waals surface area contributed by atoms with E-state index in [0.717, 1.165) is 43.4 Å². The van der Waals surface area contributed by atoms with Crippen molar-refractivity contribution in [1.82, 2.24) is 10.6 Å². The fourth-order valence-corrected chi connectivity index (χ4v) is 3.67. The Labute approximate surface area is 150 Å². The highest BCUT2D eigenvalue weighted by atomic mass is 16.6. The number of nitrogens with one attached hydrogen (secondary N) is 2. The zero-order valence-corrected chi connectivity index (χ0v) is 14.9. The third kappa shape index (κ3) is 4.01. The predicted octanol–water partition coefficient (Wildman–Crippen LogP) is 2.46. The van der Waals surface area contributed by atoms with Crippen LogP contribution in [0, 0.1) is 12.3 Å². The first-order chi connectivity index (χ1) is 12.3. The lowest BCUT2D eigenvalue weighted by Gasteiger charge is -2.30. The van der Waals surface area contributed by atoms with Gasteiger partial charge in [-0.15, -0.1) is 6.42 Å². The van der Waals surface area contributed by atoms with Crippen molar-refractivity contribution in [2.24, 2.45) is 4.99 Å². The fraction of sp³-hybridized carbons (Fsp3) is 0.550. The van der Waals surface area contributed by atoms with Crippen LogP contribution in [0.5, 0.6) is 11.5 Å². The summed E-state index contributed by atoms with van der Waals surface area (Å²) in [5.41, 5.74) is 1.36. The van der Waals surface area contributed by atoms with Gasteiger partial charge in [0.1, 0.15) is 13.2 Å². The van der Waals surface area contributed by atoms with E-state index in [-0.39, 0.29) is 5.41 Å². The van der Waals surface area contributed by atoms with Crippen LogP contribution in [0.2, 0.25) is 0 Å². The Hall–Kier alpha value is -2.35. The first-order valence-electron chi connectivity index (χ1n) is 9.13. The van der Waals surface area contributed by atoms with Crippen molar-refractivity contribution in [1.29, 1.82) is 0 Å². The Balaban J connectivity index is 1.82. The number of benzene rings is 1. The summed E-state index contributed by atoms with van der Waals surface area (Å²) in [6, 6.07) is 6.36. The van der Waals surface area contributed by atoms with Gasteiger partial charge in [-0.2, -0.15) is 0 Å². The second kappa shape index (κ2) is 8.15. The molecule has 3 rings (SSSR count). The number of terminal acetylenes is 1. The summed E-state index contributed by atoms with van der Waals surface area (Å²) in [4.78, 5) is 4.82. The van der Waals surface area contributed by atoms with Crippen LogP contribution in [-0.4, -0.2) is 38.8 Å². The number of rotatable bonds is 5. The Morgan fingerprint density at radius 1 is 1.20 bits per heavy atom. The Kier molecular flexibility index (Phi) is 5.70. The summed E-state index contributed by atoms with van der Waals surface area (Å²) in [6.07, 6.45) is 10.1. The molecule has 0 bridgehead atoms. The minimum atomic E-state index is 0.0638. The van der Waals surface area contributed by atoms with Gasteiger partial charge in [-0.05, 0) is 37.5 Å². The molecule has 25 heavy (non-hydrogen) atoms. The lowest BCUT2D eigenvalue weighted by Crippen LogP contribution is -2.39. The quantitative estimate of drug-likeness (QED) is 0.491. The van der Waals surface area contributed by atoms with Crippen molar-refractivity contribution in [3.8, 4) is 23.8 Å². The first kappa shape index (κ1) is 17.5. The molecule has 1 aromatic carbocycles. The van der Waals surface area contributed by atoms with E-state index in [1.807, 2.05) is 6.07 Å². The second-order valence-corrected chi connectivity index (χ2v) is 6.60. The number of nitrogens with zero attached hydrogens (tertiary/aromatic N) is 1. The molecule has 1 aliphatic carbocycles. The molecule has 0 aromatic heterocycles. The topological polar surface area (TPSA) is 54.9 Å². The van der Waals surface area contributed by atoms with Crippen molar-refractivity contribution in [3.63, 3.8) is 0 Å². The smallest absolute Gasteiger partial charge is 0.192 e. The van der Waals surface area contributed by atoms with Crippen LogP contribution >= 0.6 is 0 Å². The summed E-state index contributed by atoms with van der Waals surface area (Å²) < 4.78 is 11.4. The molecule has 0 atom stereocenters. The Morgan fingerprint density at radius 3 is 2.68 bits per heavy atom. The van der Waals surface area contributed by atoms with Crippen molar-refractivity contribution in [3.05, 3.63) is 23.8 Å². The summed E-state index contributed by atoms with van der Waals surface area (Å²) in [5.74, 6) is 5.08. The monoisotopic (exact) mass is 341 g/mol. The minimum Gasteiger partial charge on any atom is -0.486 e. The molecule has 2 aliphatic rings. The third-order valence-corrected chi connectivity index (χ3v) is 4.96. The Morgan fingerprint density at radius 2 is 1.96 bits per heavy atom. The standard InChI is InChI=1S/C20H27N3O2/c1-3-11-22-19(21-4-2)23-15-20(9-5-6-10-20)16-7-8-17-18(14-16)25-13-12-24-17/h1,7-8,14H,4-6,9-13,15H2,2H3,(H2,21,22,23). The highest BCUT2D eigenvalue weighted by Crippen LogP contribution is 2.44. The number of hydrogen-bond donors (Lipinski definition) is 2. The number of fused-ring (bicyclic) bond motifs is 1. The van der Waals surface area contributed by atoms with E-state index in [9.17, 15) is 0 Å². The van der Waals surface area contributed by atoms with Gasteiger partial charge < -0.3 is 20.1 Å². The van der Waals surface area contributed by atoms with E-state index >= 15 is 0 Å². The van der Waals surface area contributed by atoms with Crippen LogP contribution < -0.4 is 20.1 Å². The number of hydrogen-bond acceptors (Lipinski definition) is 3. The zero-order chi connectivity index (χ0) is 17.5. The maximum absolute atomic E-state index is 5.78. The first-order valence-corrected chi connectivity index (χ1v) is 9.13. The van der Waals surface area contributed by atoms with Crippen molar-refractivity contribution in [2.45, 2.75) is 38.0 Å². The number of aliphatic imine (C=N–C) groups is 1. The molecule has 1 fully saturated rings. The van der Waals surface area contributed by atoms with Crippen molar-refractivity contribution >= 4 is 5.96 Å². The van der Waals surface area contributed by atoms with E-state index in [2.05, 4.69) is 35.6 Å². The summed E-state index contributed by atoms with van der Waals surface area (Å²) in [7, 11) is 0. The van der Waals surface area contributed by atoms with Crippen molar-refractivity contribution < 1.29 is 9.47 Å². The predicted molar refractivity (Wildman–Crippen MR) is 100 cm³/mol. The fourth-order valence-electron chi connectivity index (χ4n) is 3.67. The molecule has 1 heterocycles. The van der Waals surface area contributed by atoms with Gasteiger partial charge in [-0.1, -0.05) is 24.8 Å². The van der Waals surface area contributed by atoms with Gasteiger partial charge in [-0.3, -0.25) is 4.99 Å². The molecule has 1 aliphatic heterocycles. The van der Waals surface area contributed by atoms with Crippen LogP contribution in [0.4, 0.5) is 0 Å². The van der Waals surface area contributed by atoms with Gasteiger partial charge in [0.15, 0.2) is 17.5 Å². The third-order valence-electron chi connectivity index (χ3n) is 4.96. The number of guanidine groups is 1. The Bertz CT molecular complexity index is 657. The van der Waals surface area contributed by atoms with E-state index in [1.165, 1.54) is 18.4 Å². The molecule has 2 N–H and O–H groups in total. The van der Waals surface area contributed by atoms with Crippen molar-refractivity contribution in [2.75, 3.05) is 32.8 Å². The van der Waals surface area contributed by atoms with Gasteiger partial charge in [0.25, 0.3) is 0 Å². The summed E-state index contributed by atoms with van der Waals surface area (Å²) >= 11 is 0.